The van der Waals surface area contributed by atoms with E-state index in [2.05, 4.69) is 5.32 Å². The summed E-state index contributed by atoms with van der Waals surface area (Å²) in [4.78, 5) is 21.7. The number of rotatable bonds is 5. The van der Waals surface area contributed by atoms with E-state index in [1.165, 1.54) is 5.75 Å². The quantitative estimate of drug-likeness (QED) is 0.732. The summed E-state index contributed by atoms with van der Waals surface area (Å²) in [6.45, 7) is 0. The number of unbranched alkanes of at least 4 members (excludes halogenated alkanes) is 1. The Hall–Kier alpha value is 0.160. The Bertz CT molecular complexity index is 300. The molecule has 0 spiro atoms. The zero-order valence-corrected chi connectivity index (χ0v) is 14.0. The number of thioether (sulfide) groups is 1. The van der Waals surface area contributed by atoms with Crippen molar-refractivity contribution < 1.29 is 14.7 Å². The average Bonchev–Trinajstić information content (AvgIpc) is 2.72. The first-order valence-electron chi connectivity index (χ1n) is 5.79. The molecule has 2 heterocycles. The number of carbonyl (C=O) groups excluding carboxylic acids is 1. The molecule has 2 rings (SSSR count). The number of carbonyl (C=O) groups is 2. The van der Waals surface area contributed by atoms with Crippen LogP contribution >= 0.6 is 11.8 Å². The van der Waals surface area contributed by atoms with Crippen LogP contribution in [-0.4, -0.2) is 54.7 Å². The number of hydrogen-bond acceptors (Lipinski definition) is 3. The van der Waals surface area contributed by atoms with Crippen molar-refractivity contribution in [1.29, 1.82) is 0 Å². The number of carboxylic acids is 1. The van der Waals surface area contributed by atoms with Crippen LogP contribution in [0.25, 0.3) is 0 Å². The van der Waals surface area contributed by atoms with Crippen LogP contribution in [0.5, 0.6) is 0 Å². The Kier molecular flexibility index (Phi) is 4.47. The summed E-state index contributed by atoms with van der Waals surface area (Å²) >= 11 is 0.817. The molecule has 2 aliphatic heterocycles. The monoisotopic (exact) mass is 345 g/mol. The van der Waals surface area contributed by atoms with E-state index >= 15 is 0 Å². The van der Waals surface area contributed by atoms with Gasteiger partial charge in [0.15, 0.2) is 0 Å². The molecule has 6 heteroatoms. The summed E-state index contributed by atoms with van der Waals surface area (Å²) in [6.07, 6.45) is 3.07. The van der Waals surface area contributed by atoms with Gasteiger partial charge in [-0.1, -0.05) is 0 Å². The Balaban J connectivity index is 1.70. The first kappa shape index (κ1) is 12.6. The van der Waals surface area contributed by atoms with Crippen molar-refractivity contribution in [1.82, 2.24) is 5.32 Å². The predicted molar refractivity (Wildman–Crippen MR) is 65.6 cm³/mol. The molecular formula is C10H16InNO3S. The molecule has 4 nitrogen and oxygen atoms in total. The minimum atomic E-state index is -1.17. The third kappa shape index (κ3) is 3.09. The van der Waals surface area contributed by atoms with E-state index in [9.17, 15) is 9.59 Å². The van der Waals surface area contributed by atoms with E-state index in [4.69, 9.17) is 5.11 Å². The van der Waals surface area contributed by atoms with Crippen LogP contribution in [0.3, 0.4) is 0 Å². The summed E-state index contributed by atoms with van der Waals surface area (Å²) in [5.41, 5.74) is 0. The van der Waals surface area contributed by atoms with Crippen LogP contribution in [-0.2, 0) is 4.79 Å². The summed E-state index contributed by atoms with van der Waals surface area (Å²) in [5.74, 6) is 0.464. The first-order chi connectivity index (χ1) is 7.66. The summed E-state index contributed by atoms with van der Waals surface area (Å²) in [7, 11) is 0. The van der Waals surface area contributed by atoms with Gasteiger partial charge in [0.2, 0.25) is 0 Å². The number of fused-ring (bicyclic) bond motifs is 1. The van der Waals surface area contributed by atoms with E-state index in [0.717, 1.165) is 22.9 Å². The van der Waals surface area contributed by atoms with Crippen LogP contribution < -0.4 is 5.32 Å². The number of carboxylic acid groups (broad SMARTS) is 1. The van der Waals surface area contributed by atoms with Gasteiger partial charge < -0.3 is 0 Å². The van der Waals surface area contributed by atoms with E-state index in [1.54, 1.807) is 0 Å². The molecule has 0 bridgehead atoms. The number of nitrogens with one attached hydrogen (secondary N) is 1. The van der Waals surface area contributed by atoms with Crippen molar-refractivity contribution in [2.45, 2.75) is 40.6 Å². The summed E-state index contributed by atoms with van der Waals surface area (Å²) < 4.78 is 1.12. The fourth-order valence-electron chi connectivity index (χ4n) is 2.52. The molecule has 0 aromatic rings. The molecule has 1 amide bonds. The van der Waals surface area contributed by atoms with Gasteiger partial charge in [-0.15, -0.1) is 0 Å². The molecule has 0 aromatic heterocycles. The maximum atomic E-state index is 11.3. The Labute approximate surface area is 110 Å². The van der Waals surface area contributed by atoms with Crippen molar-refractivity contribution in [2.24, 2.45) is 0 Å². The van der Waals surface area contributed by atoms with Gasteiger partial charge in [-0.2, -0.15) is 0 Å². The molecule has 2 fully saturated rings. The molecule has 16 heavy (non-hydrogen) atoms. The van der Waals surface area contributed by atoms with Gasteiger partial charge >= 0.3 is 111 Å². The normalized spacial score (nSPS) is 32.0. The van der Waals surface area contributed by atoms with Crippen molar-refractivity contribution in [2.75, 3.05) is 5.75 Å². The third-order valence-corrected chi connectivity index (χ3v) is 11.5. The van der Waals surface area contributed by atoms with Crippen molar-refractivity contribution in [3.8, 4) is 0 Å². The van der Waals surface area contributed by atoms with Gasteiger partial charge in [0, 0.05) is 0 Å². The van der Waals surface area contributed by atoms with Gasteiger partial charge in [0.25, 0.3) is 0 Å². The second-order valence-electron chi connectivity index (χ2n) is 4.57. The van der Waals surface area contributed by atoms with Crippen molar-refractivity contribution in [3.63, 3.8) is 0 Å². The summed E-state index contributed by atoms with van der Waals surface area (Å²) in [5, 5.41) is 12.2. The van der Waals surface area contributed by atoms with E-state index in [-0.39, 0.29) is 6.42 Å². The molecule has 0 unspecified atom stereocenters. The van der Waals surface area contributed by atoms with Gasteiger partial charge in [-0.3, -0.25) is 0 Å². The molecule has 88 valence electrons. The standard InChI is InChI=1S/C10H15NO3S.In.H/c12-7-11-8-5-6-15-9(8)3-1-2-4-10(13)14;;/h5,8-9H,1-4,6H2,(H,11,12)(H,13,14);;/t8-,9-;;/m0../s1. The van der Waals surface area contributed by atoms with E-state index in [1.807, 2.05) is 11.8 Å². The fraction of sp³-hybridized carbons (Fsp3) is 0.800. The second kappa shape index (κ2) is 5.67. The van der Waals surface area contributed by atoms with E-state index < -0.39 is 28.9 Å². The van der Waals surface area contributed by atoms with Crippen LogP contribution in [0, 0.1) is 0 Å². The number of aliphatic carboxylic acids is 1. The Morgan fingerprint density at radius 2 is 2.38 bits per heavy atom. The molecule has 0 aromatic carbocycles. The number of amides is 1. The second-order valence-corrected chi connectivity index (χ2v) is 11.8. The molecule has 3 atom stereocenters. The topological polar surface area (TPSA) is 66.4 Å². The third-order valence-electron chi connectivity index (χ3n) is 3.34. The first-order valence-corrected chi connectivity index (χ1v) is 11.2. The molecule has 0 radical (unpaired) electrons. The molecular weight excluding hydrogens is 329 g/mol. The zero-order chi connectivity index (χ0) is 11.5. The van der Waals surface area contributed by atoms with Crippen LogP contribution in [0.2, 0.25) is 3.67 Å². The Morgan fingerprint density at radius 3 is 3.12 bits per heavy atom. The molecule has 2 saturated heterocycles. The van der Waals surface area contributed by atoms with Crippen LogP contribution in [0.1, 0.15) is 25.7 Å². The molecule has 0 aliphatic carbocycles. The summed E-state index contributed by atoms with van der Waals surface area (Å²) in [6, 6.07) is 0.443. The van der Waals surface area contributed by atoms with Gasteiger partial charge in [-0.25, -0.2) is 0 Å². The predicted octanol–water partition coefficient (Wildman–Crippen LogP) is 1.06. The van der Waals surface area contributed by atoms with Gasteiger partial charge in [-0.05, 0) is 0 Å². The van der Waals surface area contributed by atoms with Gasteiger partial charge in [0.1, 0.15) is 0 Å². The van der Waals surface area contributed by atoms with E-state index in [0.29, 0.717) is 15.0 Å². The minimum absolute atomic E-state index is 0.275. The SMILES string of the molecule is O=C(O)CCCC[C@@H]1SC[C@@H]2[InH][C](=O)N[C@H]12. The van der Waals surface area contributed by atoms with Crippen LogP contribution in [0.15, 0.2) is 0 Å². The molecule has 0 saturated carbocycles. The maximum absolute atomic E-state index is 11.3. The molecule has 2 N–H and O–H groups in total. The Morgan fingerprint density at radius 1 is 1.56 bits per heavy atom. The van der Waals surface area contributed by atoms with Gasteiger partial charge in [0.05, 0.1) is 0 Å². The van der Waals surface area contributed by atoms with Crippen molar-refractivity contribution in [3.05, 3.63) is 0 Å². The zero-order valence-electron chi connectivity index (χ0n) is 9.15. The van der Waals surface area contributed by atoms with Crippen molar-refractivity contribution >= 4 is 44.3 Å². The molecule has 2 aliphatic rings. The average molecular weight is 345 g/mol. The fourth-order valence-corrected chi connectivity index (χ4v) is 11.3. The number of hydrogen-bond donors (Lipinski definition) is 2. The van der Waals surface area contributed by atoms with Crippen LogP contribution in [0.4, 0.5) is 4.79 Å².